The highest BCUT2D eigenvalue weighted by molar-refractivity contribution is 6.30. The van der Waals surface area contributed by atoms with Crippen molar-refractivity contribution < 1.29 is 14.3 Å². The monoisotopic (exact) mass is 389 g/mol. The number of rotatable bonds is 8. The van der Waals surface area contributed by atoms with Crippen molar-refractivity contribution >= 4 is 23.5 Å². The van der Waals surface area contributed by atoms with Gasteiger partial charge in [0.15, 0.2) is 0 Å². The standard InChI is InChI=1S/C20H24ClN3O3/c1-15(24(2)12-13-27-18-10-8-17(21)9-11-18)19(25)23-20(26)22-14-16-6-4-3-5-7-16/h3-11,15H,12-14H2,1-2H3,(H2,22,23,25,26)/t15-/m1/s1. The van der Waals surface area contributed by atoms with Gasteiger partial charge in [0.2, 0.25) is 5.91 Å². The minimum atomic E-state index is -0.512. The predicted molar refractivity (Wildman–Crippen MR) is 106 cm³/mol. The minimum absolute atomic E-state index is 0.360. The Morgan fingerprint density at radius 1 is 1.11 bits per heavy atom. The number of halogens is 1. The second kappa shape index (κ2) is 10.5. The van der Waals surface area contributed by atoms with E-state index in [9.17, 15) is 9.59 Å². The summed E-state index contributed by atoms with van der Waals surface area (Å²) in [6, 6.07) is 15.6. The lowest BCUT2D eigenvalue weighted by atomic mass is 10.2. The summed E-state index contributed by atoms with van der Waals surface area (Å²) < 4.78 is 5.62. The molecule has 0 spiro atoms. The third-order valence-electron chi connectivity index (χ3n) is 4.10. The lowest BCUT2D eigenvalue weighted by Crippen LogP contribution is -2.49. The minimum Gasteiger partial charge on any atom is -0.492 e. The number of amides is 3. The topological polar surface area (TPSA) is 70.7 Å². The van der Waals surface area contributed by atoms with E-state index in [0.717, 1.165) is 5.56 Å². The van der Waals surface area contributed by atoms with Gasteiger partial charge in [-0.2, -0.15) is 0 Å². The zero-order valence-corrected chi connectivity index (χ0v) is 16.2. The molecule has 2 N–H and O–H groups in total. The van der Waals surface area contributed by atoms with Crippen LogP contribution in [0.15, 0.2) is 54.6 Å². The lowest BCUT2D eigenvalue weighted by molar-refractivity contribution is -0.124. The first-order valence-corrected chi connectivity index (χ1v) is 9.04. The van der Waals surface area contributed by atoms with E-state index < -0.39 is 12.1 Å². The molecule has 0 unspecified atom stereocenters. The third kappa shape index (κ3) is 7.29. The molecule has 0 bridgehead atoms. The van der Waals surface area contributed by atoms with Crippen LogP contribution in [0, 0.1) is 0 Å². The average molecular weight is 390 g/mol. The molecule has 0 fully saturated rings. The van der Waals surface area contributed by atoms with Crippen LogP contribution in [-0.2, 0) is 11.3 Å². The summed E-state index contributed by atoms with van der Waals surface area (Å²) in [6.45, 7) is 3.04. The fourth-order valence-corrected chi connectivity index (χ4v) is 2.40. The molecule has 2 aromatic rings. The van der Waals surface area contributed by atoms with Gasteiger partial charge < -0.3 is 10.1 Å². The van der Waals surface area contributed by atoms with E-state index >= 15 is 0 Å². The molecule has 0 aliphatic rings. The van der Waals surface area contributed by atoms with Crippen molar-refractivity contribution in [2.45, 2.75) is 19.5 Å². The number of carbonyl (C=O) groups excluding carboxylic acids is 2. The van der Waals surface area contributed by atoms with E-state index in [4.69, 9.17) is 16.3 Å². The molecule has 0 saturated heterocycles. The number of likely N-dealkylation sites (N-methyl/N-ethyl adjacent to an activating group) is 1. The lowest BCUT2D eigenvalue weighted by Gasteiger charge is -2.23. The van der Waals surface area contributed by atoms with Gasteiger partial charge in [0, 0.05) is 18.1 Å². The number of imide groups is 1. The largest absolute Gasteiger partial charge is 0.492 e. The van der Waals surface area contributed by atoms with Crippen molar-refractivity contribution in [2.24, 2.45) is 0 Å². The summed E-state index contributed by atoms with van der Waals surface area (Å²) in [5.41, 5.74) is 0.963. The Labute approximate surface area is 164 Å². The first-order chi connectivity index (χ1) is 13.0. The highest BCUT2D eigenvalue weighted by Gasteiger charge is 2.19. The zero-order chi connectivity index (χ0) is 19.6. The number of benzene rings is 2. The van der Waals surface area contributed by atoms with E-state index in [1.165, 1.54) is 0 Å². The summed E-state index contributed by atoms with van der Waals surface area (Å²) in [5, 5.41) is 5.68. The first kappa shape index (κ1) is 20.7. The smallest absolute Gasteiger partial charge is 0.321 e. The number of ether oxygens (including phenoxy) is 1. The second-order valence-electron chi connectivity index (χ2n) is 6.12. The van der Waals surface area contributed by atoms with E-state index in [1.54, 1.807) is 38.2 Å². The fraction of sp³-hybridized carbons (Fsp3) is 0.300. The Hall–Kier alpha value is -2.57. The Kier molecular flexibility index (Phi) is 8.10. The maximum Gasteiger partial charge on any atom is 0.321 e. The summed E-state index contributed by atoms with van der Waals surface area (Å²) in [7, 11) is 1.80. The SMILES string of the molecule is C[C@H](C(=O)NC(=O)NCc1ccccc1)N(C)CCOc1ccc(Cl)cc1. The van der Waals surface area contributed by atoms with E-state index in [1.807, 2.05) is 35.2 Å². The molecule has 144 valence electrons. The van der Waals surface area contributed by atoms with Crippen LogP contribution in [0.25, 0.3) is 0 Å². The van der Waals surface area contributed by atoms with Crippen molar-refractivity contribution in [1.82, 2.24) is 15.5 Å². The Morgan fingerprint density at radius 3 is 2.44 bits per heavy atom. The van der Waals surface area contributed by atoms with Gasteiger partial charge in [-0.05, 0) is 43.8 Å². The van der Waals surface area contributed by atoms with Crippen LogP contribution in [0.4, 0.5) is 4.79 Å². The van der Waals surface area contributed by atoms with E-state index in [0.29, 0.717) is 30.5 Å². The van der Waals surface area contributed by atoms with Crippen LogP contribution >= 0.6 is 11.6 Å². The molecule has 0 heterocycles. The second-order valence-corrected chi connectivity index (χ2v) is 6.55. The zero-order valence-electron chi connectivity index (χ0n) is 15.4. The summed E-state index contributed by atoms with van der Waals surface area (Å²) in [5.74, 6) is 0.347. The quantitative estimate of drug-likeness (QED) is 0.728. The number of carbonyl (C=O) groups is 2. The Bertz CT molecular complexity index is 738. The molecule has 27 heavy (non-hydrogen) atoms. The fourth-order valence-electron chi connectivity index (χ4n) is 2.27. The van der Waals surface area contributed by atoms with Crippen LogP contribution in [-0.4, -0.2) is 43.1 Å². The molecule has 2 aromatic carbocycles. The van der Waals surface area contributed by atoms with Crippen LogP contribution in [0.3, 0.4) is 0 Å². The average Bonchev–Trinajstić information content (AvgIpc) is 2.68. The molecule has 0 aliphatic carbocycles. The number of hydrogen-bond acceptors (Lipinski definition) is 4. The van der Waals surface area contributed by atoms with Gasteiger partial charge in [0.1, 0.15) is 12.4 Å². The first-order valence-electron chi connectivity index (χ1n) is 8.67. The third-order valence-corrected chi connectivity index (χ3v) is 4.35. The van der Waals surface area contributed by atoms with Crippen molar-refractivity contribution in [3.63, 3.8) is 0 Å². The van der Waals surface area contributed by atoms with Crippen LogP contribution < -0.4 is 15.4 Å². The molecule has 6 nitrogen and oxygen atoms in total. The van der Waals surface area contributed by atoms with Crippen LogP contribution in [0.2, 0.25) is 5.02 Å². The summed E-state index contributed by atoms with van der Waals surface area (Å²) in [6.07, 6.45) is 0. The summed E-state index contributed by atoms with van der Waals surface area (Å²) >= 11 is 5.83. The Morgan fingerprint density at radius 2 is 1.78 bits per heavy atom. The molecule has 0 saturated carbocycles. The highest BCUT2D eigenvalue weighted by Crippen LogP contribution is 2.15. The number of nitrogens with zero attached hydrogens (tertiary/aromatic N) is 1. The van der Waals surface area contributed by atoms with Gasteiger partial charge in [-0.15, -0.1) is 0 Å². The van der Waals surface area contributed by atoms with Gasteiger partial charge in [-0.25, -0.2) is 4.79 Å². The van der Waals surface area contributed by atoms with Gasteiger partial charge in [-0.1, -0.05) is 41.9 Å². The number of nitrogens with one attached hydrogen (secondary N) is 2. The molecular formula is C20H24ClN3O3. The van der Waals surface area contributed by atoms with Crippen molar-refractivity contribution in [2.75, 3.05) is 20.2 Å². The molecule has 3 amide bonds. The van der Waals surface area contributed by atoms with Crippen molar-refractivity contribution in [1.29, 1.82) is 0 Å². The maximum absolute atomic E-state index is 12.2. The number of hydrogen-bond donors (Lipinski definition) is 2. The van der Waals surface area contributed by atoms with Gasteiger partial charge in [0.05, 0.1) is 6.04 Å². The van der Waals surface area contributed by atoms with E-state index in [2.05, 4.69) is 10.6 Å². The van der Waals surface area contributed by atoms with Crippen molar-refractivity contribution in [3.05, 3.63) is 65.2 Å². The predicted octanol–water partition coefficient (Wildman–Crippen LogP) is 3.07. The molecule has 0 aromatic heterocycles. The van der Waals surface area contributed by atoms with Crippen molar-refractivity contribution in [3.8, 4) is 5.75 Å². The van der Waals surface area contributed by atoms with Crippen LogP contribution in [0.1, 0.15) is 12.5 Å². The van der Waals surface area contributed by atoms with E-state index in [-0.39, 0.29) is 5.91 Å². The van der Waals surface area contributed by atoms with Gasteiger partial charge in [-0.3, -0.25) is 15.0 Å². The highest BCUT2D eigenvalue weighted by atomic mass is 35.5. The molecule has 1 atom stereocenters. The molecule has 0 radical (unpaired) electrons. The molecule has 2 rings (SSSR count). The molecule has 0 aliphatic heterocycles. The summed E-state index contributed by atoms with van der Waals surface area (Å²) in [4.78, 5) is 25.9. The maximum atomic E-state index is 12.2. The van der Waals surface area contributed by atoms with Gasteiger partial charge >= 0.3 is 6.03 Å². The number of urea groups is 1. The van der Waals surface area contributed by atoms with Crippen LogP contribution in [0.5, 0.6) is 5.75 Å². The normalized spacial score (nSPS) is 11.7. The van der Waals surface area contributed by atoms with Gasteiger partial charge in [0.25, 0.3) is 0 Å². The molecular weight excluding hydrogens is 366 g/mol. The Balaban J connectivity index is 1.69. The molecule has 7 heteroatoms.